The SMILES string of the molecule is O=C(NC1CCc2onc(C(=O)NC3CCCC3)c2C1)c1ccnnc1. The van der Waals surface area contributed by atoms with Crippen LogP contribution in [0.2, 0.25) is 0 Å². The Balaban J connectivity index is 1.43. The minimum Gasteiger partial charge on any atom is -0.360 e. The lowest BCUT2D eigenvalue weighted by molar-refractivity contribution is 0.0925. The Morgan fingerprint density at radius 2 is 1.85 bits per heavy atom. The number of aromatic nitrogens is 3. The fraction of sp³-hybridized carbons (Fsp3) is 0.500. The number of fused-ring (bicyclic) bond motifs is 1. The lowest BCUT2D eigenvalue weighted by Crippen LogP contribution is -2.39. The molecule has 0 aliphatic heterocycles. The van der Waals surface area contributed by atoms with Gasteiger partial charge in [-0.2, -0.15) is 10.2 Å². The van der Waals surface area contributed by atoms with Crippen LogP contribution in [0.4, 0.5) is 0 Å². The minimum atomic E-state index is -0.193. The summed E-state index contributed by atoms with van der Waals surface area (Å²) in [6.07, 6.45) is 9.20. The van der Waals surface area contributed by atoms with Crippen LogP contribution >= 0.6 is 0 Å². The minimum absolute atomic E-state index is 0.0689. The molecule has 0 bridgehead atoms. The third kappa shape index (κ3) is 3.44. The summed E-state index contributed by atoms with van der Waals surface area (Å²) in [6.45, 7) is 0. The van der Waals surface area contributed by atoms with Crippen LogP contribution in [-0.4, -0.2) is 39.3 Å². The molecule has 2 aliphatic rings. The standard InChI is InChI=1S/C18H21N5O3/c24-17(11-7-8-19-20-10-11)22-13-5-6-15-14(9-13)16(23-26-15)18(25)21-12-3-1-2-4-12/h7-8,10,12-13H,1-6,9H2,(H,21,25)(H,22,24). The molecule has 8 heteroatoms. The van der Waals surface area contributed by atoms with E-state index in [0.717, 1.165) is 43.4 Å². The summed E-state index contributed by atoms with van der Waals surface area (Å²) in [5.74, 6) is 0.381. The molecule has 2 aromatic rings. The van der Waals surface area contributed by atoms with Crippen molar-refractivity contribution in [3.63, 3.8) is 0 Å². The van der Waals surface area contributed by atoms with Gasteiger partial charge < -0.3 is 15.2 Å². The van der Waals surface area contributed by atoms with Crippen molar-refractivity contribution in [3.8, 4) is 0 Å². The summed E-state index contributed by atoms with van der Waals surface area (Å²) < 4.78 is 5.37. The third-order valence-electron chi connectivity index (χ3n) is 5.13. The number of aryl methyl sites for hydroxylation is 1. The summed E-state index contributed by atoms with van der Waals surface area (Å²) in [5, 5.41) is 17.4. The Hall–Kier alpha value is -2.77. The van der Waals surface area contributed by atoms with E-state index in [1.54, 1.807) is 6.07 Å². The highest BCUT2D eigenvalue weighted by Crippen LogP contribution is 2.26. The van der Waals surface area contributed by atoms with Gasteiger partial charge in [-0.15, -0.1) is 0 Å². The maximum Gasteiger partial charge on any atom is 0.273 e. The molecule has 4 rings (SSSR count). The Morgan fingerprint density at radius 1 is 1.04 bits per heavy atom. The van der Waals surface area contributed by atoms with Crippen molar-refractivity contribution in [2.24, 2.45) is 0 Å². The van der Waals surface area contributed by atoms with Gasteiger partial charge in [-0.25, -0.2) is 0 Å². The molecular weight excluding hydrogens is 334 g/mol. The first kappa shape index (κ1) is 16.7. The van der Waals surface area contributed by atoms with Crippen LogP contribution in [0.3, 0.4) is 0 Å². The van der Waals surface area contributed by atoms with Gasteiger partial charge in [0.15, 0.2) is 5.69 Å². The Kier molecular flexibility index (Phi) is 4.64. The van der Waals surface area contributed by atoms with E-state index in [4.69, 9.17) is 4.52 Å². The first-order valence-corrected chi connectivity index (χ1v) is 9.06. The van der Waals surface area contributed by atoms with Crippen LogP contribution < -0.4 is 10.6 Å². The van der Waals surface area contributed by atoms with Crippen LogP contribution in [0, 0.1) is 0 Å². The molecule has 8 nitrogen and oxygen atoms in total. The zero-order chi connectivity index (χ0) is 17.9. The molecule has 1 atom stereocenters. The van der Waals surface area contributed by atoms with E-state index in [9.17, 15) is 9.59 Å². The molecule has 1 fully saturated rings. The Bertz CT molecular complexity index is 798. The summed E-state index contributed by atoms with van der Waals surface area (Å²) >= 11 is 0. The number of carbonyl (C=O) groups excluding carboxylic acids is 2. The molecule has 136 valence electrons. The molecule has 0 radical (unpaired) electrons. The van der Waals surface area contributed by atoms with Gasteiger partial charge in [-0.05, 0) is 31.7 Å². The van der Waals surface area contributed by atoms with Crippen molar-refractivity contribution in [1.29, 1.82) is 0 Å². The second-order valence-corrected chi connectivity index (χ2v) is 6.93. The molecule has 2 aliphatic carbocycles. The van der Waals surface area contributed by atoms with E-state index >= 15 is 0 Å². The number of hydrogen-bond donors (Lipinski definition) is 2. The molecule has 2 amide bonds. The molecule has 0 spiro atoms. The van der Waals surface area contributed by atoms with Crippen LogP contribution in [0.5, 0.6) is 0 Å². The Morgan fingerprint density at radius 3 is 2.62 bits per heavy atom. The van der Waals surface area contributed by atoms with E-state index in [1.165, 1.54) is 12.4 Å². The second-order valence-electron chi connectivity index (χ2n) is 6.93. The van der Waals surface area contributed by atoms with E-state index in [1.807, 2.05) is 0 Å². The number of amides is 2. The summed E-state index contributed by atoms with van der Waals surface area (Å²) in [6, 6.07) is 1.78. The van der Waals surface area contributed by atoms with Gasteiger partial charge in [0.25, 0.3) is 11.8 Å². The molecule has 0 saturated heterocycles. The number of nitrogens with zero attached hydrogens (tertiary/aromatic N) is 3. The summed E-state index contributed by atoms with van der Waals surface area (Å²) in [4.78, 5) is 24.9. The lowest BCUT2D eigenvalue weighted by atomic mass is 9.91. The second kappa shape index (κ2) is 7.23. The highest BCUT2D eigenvalue weighted by atomic mass is 16.5. The average molecular weight is 355 g/mol. The number of nitrogens with one attached hydrogen (secondary N) is 2. The van der Waals surface area contributed by atoms with Crippen molar-refractivity contribution >= 4 is 11.8 Å². The van der Waals surface area contributed by atoms with Gasteiger partial charge in [-0.1, -0.05) is 18.0 Å². The number of hydrogen-bond acceptors (Lipinski definition) is 6. The van der Waals surface area contributed by atoms with Gasteiger partial charge in [-0.3, -0.25) is 9.59 Å². The topological polar surface area (TPSA) is 110 Å². The van der Waals surface area contributed by atoms with E-state index in [0.29, 0.717) is 24.1 Å². The molecule has 2 N–H and O–H groups in total. The van der Waals surface area contributed by atoms with Crippen molar-refractivity contribution < 1.29 is 14.1 Å². The highest BCUT2D eigenvalue weighted by Gasteiger charge is 2.30. The van der Waals surface area contributed by atoms with Crippen molar-refractivity contribution in [2.75, 3.05) is 0 Å². The molecule has 26 heavy (non-hydrogen) atoms. The van der Waals surface area contributed by atoms with Crippen LogP contribution in [0.25, 0.3) is 0 Å². The van der Waals surface area contributed by atoms with Crippen molar-refractivity contribution in [2.45, 2.75) is 57.0 Å². The van der Waals surface area contributed by atoms with Crippen molar-refractivity contribution in [3.05, 3.63) is 41.0 Å². The fourth-order valence-electron chi connectivity index (χ4n) is 3.72. The average Bonchev–Trinajstić information content (AvgIpc) is 3.31. The predicted octanol–water partition coefficient (Wildman–Crippen LogP) is 1.42. The molecule has 0 aromatic carbocycles. The molecule has 1 unspecified atom stereocenters. The fourth-order valence-corrected chi connectivity index (χ4v) is 3.72. The van der Waals surface area contributed by atoms with Gasteiger partial charge in [0, 0.05) is 24.1 Å². The van der Waals surface area contributed by atoms with Gasteiger partial charge in [0.2, 0.25) is 0 Å². The zero-order valence-corrected chi connectivity index (χ0v) is 14.4. The summed E-state index contributed by atoms with van der Waals surface area (Å²) in [7, 11) is 0. The summed E-state index contributed by atoms with van der Waals surface area (Å²) in [5.41, 5.74) is 1.64. The maximum atomic E-state index is 12.5. The molecular formula is C18H21N5O3. The molecule has 1 saturated carbocycles. The predicted molar refractivity (Wildman–Crippen MR) is 91.5 cm³/mol. The first-order valence-electron chi connectivity index (χ1n) is 9.06. The monoisotopic (exact) mass is 355 g/mol. The zero-order valence-electron chi connectivity index (χ0n) is 14.4. The van der Waals surface area contributed by atoms with E-state index in [-0.39, 0.29) is 23.9 Å². The van der Waals surface area contributed by atoms with E-state index in [2.05, 4.69) is 26.0 Å². The van der Waals surface area contributed by atoms with Gasteiger partial charge in [0.1, 0.15) is 5.76 Å². The lowest BCUT2D eigenvalue weighted by Gasteiger charge is -2.22. The number of carbonyl (C=O) groups is 2. The van der Waals surface area contributed by atoms with Gasteiger partial charge in [0.05, 0.1) is 18.0 Å². The van der Waals surface area contributed by atoms with Gasteiger partial charge >= 0.3 is 0 Å². The molecule has 2 heterocycles. The van der Waals surface area contributed by atoms with Crippen molar-refractivity contribution in [1.82, 2.24) is 26.0 Å². The largest absolute Gasteiger partial charge is 0.360 e. The first-order chi connectivity index (χ1) is 12.7. The number of rotatable bonds is 4. The highest BCUT2D eigenvalue weighted by molar-refractivity contribution is 5.95. The quantitative estimate of drug-likeness (QED) is 0.858. The Labute approximate surface area is 150 Å². The van der Waals surface area contributed by atoms with Crippen LogP contribution in [0.15, 0.2) is 23.0 Å². The maximum absolute atomic E-state index is 12.5. The van der Waals surface area contributed by atoms with Crippen LogP contribution in [0.1, 0.15) is 64.3 Å². The van der Waals surface area contributed by atoms with Crippen LogP contribution in [-0.2, 0) is 12.8 Å². The normalized spacial score (nSPS) is 19.8. The molecule has 2 aromatic heterocycles. The van der Waals surface area contributed by atoms with E-state index < -0.39 is 0 Å². The third-order valence-corrected chi connectivity index (χ3v) is 5.13. The smallest absolute Gasteiger partial charge is 0.273 e.